The first kappa shape index (κ1) is 20.0. The van der Waals surface area contributed by atoms with Gasteiger partial charge in [0, 0.05) is 56.4 Å². The quantitative estimate of drug-likeness (QED) is 0.310. The number of para-hydroxylation sites is 1. The number of piperidine rings is 1. The van der Waals surface area contributed by atoms with Crippen molar-refractivity contribution in [2.45, 2.75) is 36.6 Å². The van der Waals surface area contributed by atoms with Gasteiger partial charge in [0.15, 0.2) is 5.96 Å². The van der Waals surface area contributed by atoms with Gasteiger partial charge in [0.25, 0.3) is 0 Å². The number of rotatable bonds is 8. The highest BCUT2D eigenvalue weighted by Crippen LogP contribution is 2.21. The van der Waals surface area contributed by atoms with E-state index in [-0.39, 0.29) is 0 Å². The number of hydrogen-bond acceptors (Lipinski definition) is 5. The zero-order valence-electron chi connectivity index (χ0n) is 15.8. The normalized spacial score (nSPS) is 15.7. The van der Waals surface area contributed by atoms with E-state index in [0.29, 0.717) is 6.10 Å². The molecule has 2 aromatic rings. The largest absolute Gasteiger partial charge is 0.490 e. The molecular weight excluding hydrogens is 376 g/mol. The fraction of sp³-hybridized carbons (Fsp3) is 0.500. The Morgan fingerprint density at radius 3 is 2.85 bits per heavy atom. The first-order valence-corrected chi connectivity index (χ1v) is 11.5. The summed E-state index contributed by atoms with van der Waals surface area (Å²) < 4.78 is 7.24. The lowest BCUT2D eigenvalue weighted by molar-refractivity contribution is 0.129. The molecule has 1 aromatic carbocycles. The Labute approximate surface area is 170 Å². The van der Waals surface area contributed by atoms with Crippen molar-refractivity contribution >= 4 is 29.1 Å². The van der Waals surface area contributed by atoms with Crippen LogP contribution in [0.4, 0.5) is 0 Å². The highest BCUT2D eigenvalue weighted by Gasteiger charge is 2.22. The van der Waals surface area contributed by atoms with Gasteiger partial charge in [-0.1, -0.05) is 30.0 Å². The van der Waals surface area contributed by atoms with Crippen LogP contribution in [0, 0.1) is 0 Å². The summed E-state index contributed by atoms with van der Waals surface area (Å²) in [6.45, 7) is 5.84. The summed E-state index contributed by atoms with van der Waals surface area (Å²) in [6, 6.07) is 10.1. The average Bonchev–Trinajstić information content (AvgIpc) is 3.22. The molecule has 0 bridgehead atoms. The predicted molar refractivity (Wildman–Crippen MR) is 115 cm³/mol. The lowest BCUT2D eigenvalue weighted by atomic mass is 10.1. The van der Waals surface area contributed by atoms with Crippen LogP contribution in [0.1, 0.15) is 26.2 Å². The summed E-state index contributed by atoms with van der Waals surface area (Å²) in [4.78, 5) is 11.5. The second kappa shape index (κ2) is 11.2. The van der Waals surface area contributed by atoms with Crippen LogP contribution in [-0.2, 0) is 0 Å². The van der Waals surface area contributed by atoms with Crippen molar-refractivity contribution in [1.29, 1.82) is 0 Å². The van der Waals surface area contributed by atoms with Crippen molar-refractivity contribution in [1.82, 2.24) is 15.2 Å². The van der Waals surface area contributed by atoms with Crippen LogP contribution in [0.15, 0.2) is 51.2 Å². The van der Waals surface area contributed by atoms with E-state index in [1.54, 1.807) is 11.3 Å². The van der Waals surface area contributed by atoms with Crippen LogP contribution >= 0.6 is 23.1 Å². The Bertz CT molecular complexity index is 671. The molecule has 1 aromatic heterocycles. The molecule has 0 saturated carbocycles. The molecule has 2 heterocycles. The van der Waals surface area contributed by atoms with Gasteiger partial charge in [0.05, 0.1) is 0 Å². The summed E-state index contributed by atoms with van der Waals surface area (Å²) in [5, 5.41) is 5.46. The standard InChI is InChI=1S/C20H28N4OS2/c1-2-21-19(22-11-6-15-26-20-23-12-16-27-20)24-13-9-18(10-14-24)25-17-7-4-3-5-8-17/h3-5,7-8,12,16,18H,2,6,9-11,13-15H2,1H3,(H,21,22). The number of thioether (sulfide) groups is 1. The van der Waals surface area contributed by atoms with E-state index >= 15 is 0 Å². The highest BCUT2D eigenvalue weighted by molar-refractivity contribution is 8.00. The van der Waals surface area contributed by atoms with Gasteiger partial charge in [-0.3, -0.25) is 4.99 Å². The summed E-state index contributed by atoms with van der Waals surface area (Å²) in [7, 11) is 0. The number of ether oxygens (including phenoxy) is 1. The number of hydrogen-bond donors (Lipinski definition) is 1. The average molecular weight is 405 g/mol. The summed E-state index contributed by atoms with van der Waals surface area (Å²) in [6.07, 6.45) is 5.27. The van der Waals surface area contributed by atoms with E-state index < -0.39 is 0 Å². The summed E-state index contributed by atoms with van der Waals surface area (Å²) in [5.74, 6) is 3.06. The monoisotopic (exact) mass is 404 g/mol. The fourth-order valence-electron chi connectivity index (χ4n) is 2.99. The van der Waals surface area contributed by atoms with Gasteiger partial charge in [-0.15, -0.1) is 11.3 Å². The Morgan fingerprint density at radius 2 is 2.15 bits per heavy atom. The third-order valence-corrected chi connectivity index (χ3v) is 6.37. The predicted octanol–water partition coefficient (Wildman–Crippen LogP) is 4.13. The molecule has 1 aliphatic rings. The number of benzene rings is 1. The zero-order chi connectivity index (χ0) is 18.7. The zero-order valence-corrected chi connectivity index (χ0v) is 17.5. The number of guanidine groups is 1. The number of nitrogens with one attached hydrogen (secondary N) is 1. The Hall–Kier alpha value is -1.73. The number of nitrogens with zero attached hydrogens (tertiary/aromatic N) is 3. The van der Waals surface area contributed by atoms with Crippen molar-refractivity contribution in [2.24, 2.45) is 4.99 Å². The van der Waals surface area contributed by atoms with E-state index in [0.717, 1.165) is 67.2 Å². The molecule has 0 aliphatic carbocycles. The maximum Gasteiger partial charge on any atom is 0.193 e. The van der Waals surface area contributed by atoms with E-state index in [2.05, 4.69) is 22.1 Å². The molecule has 1 aliphatic heterocycles. The minimum Gasteiger partial charge on any atom is -0.490 e. The van der Waals surface area contributed by atoms with Crippen LogP contribution in [0.2, 0.25) is 0 Å². The molecule has 0 spiro atoms. The third-order valence-electron chi connectivity index (χ3n) is 4.32. The van der Waals surface area contributed by atoms with Crippen LogP contribution < -0.4 is 10.1 Å². The number of aliphatic imine (C=N–C) groups is 1. The molecule has 5 nitrogen and oxygen atoms in total. The molecule has 7 heteroatoms. The van der Waals surface area contributed by atoms with E-state index in [1.165, 1.54) is 0 Å². The first-order chi connectivity index (χ1) is 13.3. The molecule has 0 amide bonds. The number of likely N-dealkylation sites (tertiary alicyclic amines) is 1. The van der Waals surface area contributed by atoms with Gasteiger partial charge < -0.3 is 15.0 Å². The Morgan fingerprint density at radius 1 is 1.33 bits per heavy atom. The van der Waals surface area contributed by atoms with Crippen molar-refractivity contribution in [3.8, 4) is 5.75 Å². The van der Waals surface area contributed by atoms with Gasteiger partial charge >= 0.3 is 0 Å². The van der Waals surface area contributed by atoms with Gasteiger partial charge in [0.1, 0.15) is 16.2 Å². The third kappa shape index (κ3) is 6.74. The van der Waals surface area contributed by atoms with E-state index in [9.17, 15) is 0 Å². The minimum absolute atomic E-state index is 0.293. The second-order valence-electron chi connectivity index (χ2n) is 6.35. The van der Waals surface area contributed by atoms with Gasteiger partial charge in [0.2, 0.25) is 0 Å². The van der Waals surface area contributed by atoms with Crippen LogP contribution in [0.25, 0.3) is 0 Å². The molecule has 0 radical (unpaired) electrons. The lowest BCUT2D eigenvalue weighted by Gasteiger charge is -2.34. The molecule has 146 valence electrons. The van der Waals surface area contributed by atoms with Crippen LogP contribution in [-0.4, -0.2) is 53.9 Å². The fourth-order valence-corrected chi connectivity index (χ4v) is 4.63. The molecule has 1 N–H and O–H groups in total. The lowest BCUT2D eigenvalue weighted by Crippen LogP contribution is -2.47. The SMILES string of the molecule is CCNC(=NCCCSc1nccs1)N1CCC(Oc2ccccc2)CC1. The highest BCUT2D eigenvalue weighted by atomic mass is 32.2. The number of thiazole rings is 1. The molecule has 1 fully saturated rings. The van der Waals surface area contributed by atoms with Crippen molar-refractivity contribution in [3.63, 3.8) is 0 Å². The molecule has 0 atom stereocenters. The Balaban J connectivity index is 1.41. The number of aromatic nitrogens is 1. The van der Waals surface area contributed by atoms with Crippen molar-refractivity contribution < 1.29 is 4.74 Å². The molecule has 27 heavy (non-hydrogen) atoms. The van der Waals surface area contributed by atoms with Crippen LogP contribution in [0.3, 0.4) is 0 Å². The first-order valence-electron chi connectivity index (χ1n) is 9.62. The van der Waals surface area contributed by atoms with Gasteiger partial charge in [-0.25, -0.2) is 4.98 Å². The molecule has 0 unspecified atom stereocenters. The second-order valence-corrected chi connectivity index (χ2v) is 8.59. The molecular formula is C20H28N4OS2. The Kier molecular flexibility index (Phi) is 8.30. The van der Waals surface area contributed by atoms with E-state index in [4.69, 9.17) is 9.73 Å². The molecule has 1 saturated heterocycles. The maximum absolute atomic E-state index is 6.10. The summed E-state index contributed by atoms with van der Waals surface area (Å²) >= 11 is 3.52. The minimum atomic E-state index is 0.293. The smallest absolute Gasteiger partial charge is 0.193 e. The van der Waals surface area contributed by atoms with Crippen molar-refractivity contribution in [3.05, 3.63) is 41.9 Å². The molecule has 3 rings (SSSR count). The summed E-state index contributed by atoms with van der Waals surface area (Å²) in [5.41, 5.74) is 0. The maximum atomic E-state index is 6.10. The van der Waals surface area contributed by atoms with Gasteiger partial charge in [-0.05, 0) is 25.5 Å². The van der Waals surface area contributed by atoms with Gasteiger partial charge in [-0.2, -0.15) is 0 Å². The van der Waals surface area contributed by atoms with Crippen molar-refractivity contribution in [2.75, 3.05) is 31.9 Å². The van der Waals surface area contributed by atoms with Crippen LogP contribution in [0.5, 0.6) is 5.75 Å². The topological polar surface area (TPSA) is 49.8 Å². The van der Waals surface area contributed by atoms with E-state index in [1.807, 2.05) is 53.7 Å².